The van der Waals surface area contributed by atoms with Gasteiger partial charge in [-0.05, 0) is 43.7 Å². The molecule has 1 aliphatic carbocycles. The third-order valence-corrected chi connectivity index (χ3v) is 6.72. The van der Waals surface area contributed by atoms with Crippen molar-refractivity contribution in [1.82, 2.24) is 25.5 Å². The fraction of sp³-hybridized carbons (Fsp3) is 0.522. The number of amides is 3. The number of rotatable bonds is 8. The summed E-state index contributed by atoms with van der Waals surface area (Å²) in [5.74, 6) is -0.736. The molecule has 1 saturated carbocycles. The zero-order valence-corrected chi connectivity index (χ0v) is 19.2. The van der Waals surface area contributed by atoms with Gasteiger partial charge in [-0.3, -0.25) is 14.4 Å². The Bertz CT molecular complexity index is 1110. The summed E-state index contributed by atoms with van der Waals surface area (Å²) in [7, 11) is 1.57. The molecule has 1 aromatic carbocycles. The lowest BCUT2D eigenvalue weighted by molar-refractivity contribution is -0.129. The number of benzene rings is 1. The zero-order valence-electron chi connectivity index (χ0n) is 18.4. The number of piperidine rings is 1. The first-order valence-corrected chi connectivity index (χ1v) is 11.6. The van der Waals surface area contributed by atoms with Crippen molar-refractivity contribution >= 4 is 40.4 Å². The molecule has 0 radical (unpaired) electrons. The van der Waals surface area contributed by atoms with E-state index in [1.807, 2.05) is 0 Å². The summed E-state index contributed by atoms with van der Waals surface area (Å²) in [6.07, 6.45) is 4.33. The first-order chi connectivity index (χ1) is 15.9. The van der Waals surface area contributed by atoms with Crippen LogP contribution in [0.2, 0.25) is 5.02 Å². The highest BCUT2D eigenvalue weighted by Crippen LogP contribution is 2.35. The normalized spacial score (nSPS) is 19.9. The summed E-state index contributed by atoms with van der Waals surface area (Å²) in [5, 5.41) is 15.6. The minimum atomic E-state index is -0.804. The monoisotopic (exact) mass is 470 g/mol. The van der Waals surface area contributed by atoms with E-state index in [9.17, 15) is 19.6 Å². The van der Waals surface area contributed by atoms with Gasteiger partial charge in [-0.15, -0.1) is 0 Å². The number of nitrogens with zero attached hydrogens (tertiary/aromatic N) is 3. The van der Waals surface area contributed by atoms with E-state index in [1.54, 1.807) is 25.2 Å². The quantitative estimate of drug-likeness (QED) is 0.545. The molecule has 33 heavy (non-hydrogen) atoms. The van der Waals surface area contributed by atoms with Crippen molar-refractivity contribution in [3.05, 3.63) is 29.0 Å². The number of carbonyl (C=O) groups is 3. The molecule has 10 heteroatoms. The third-order valence-electron chi connectivity index (χ3n) is 6.41. The number of hydrogen-bond acceptors (Lipinski definition) is 5. The van der Waals surface area contributed by atoms with Gasteiger partial charge >= 0.3 is 0 Å². The second-order valence-corrected chi connectivity index (χ2v) is 9.29. The Kier molecular flexibility index (Phi) is 6.84. The Morgan fingerprint density at radius 1 is 1.33 bits per heavy atom. The fourth-order valence-electron chi connectivity index (χ4n) is 4.27. The number of aromatic amines is 1. The van der Waals surface area contributed by atoms with E-state index in [0.717, 1.165) is 19.3 Å². The molecule has 2 heterocycles. The Labute approximate surface area is 196 Å². The van der Waals surface area contributed by atoms with Crippen LogP contribution in [0.15, 0.2) is 18.2 Å². The third kappa shape index (κ3) is 5.28. The summed E-state index contributed by atoms with van der Waals surface area (Å²) in [4.78, 5) is 47.1. The van der Waals surface area contributed by atoms with Gasteiger partial charge in [0.2, 0.25) is 11.8 Å². The molecule has 3 N–H and O–H groups in total. The fourth-order valence-corrected chi connectivity index (χ4v) is 4.49. The summed E-state index contributed by atoms with van der Waals surface area (Å²) in [5.41, 5.74) is 1.13. The molecule has 1 saturated heterocycles. The van der Waals surface area contributed by atoms with E-state index in [-0.39, 0.29) is 24.1 Å². The van der Waals surface area contributed by atoms with Crippen molar-refractivity contribution in [2.24, 2.45) is 11.8 Å². The van der Waals surface area contributed by atoms with Crippen molar-refractivity contribution in [3.63, 3.8) is 0 Å². The van der Waals surface area contributed by atoms with Crippen molar-refractivity contribution in [3.8, 4) is 6.07 Å². The topological polar surface area (TPSA) is 131 Å². The van der Waals surface area contributed by atoms with Crippen molar-refractivity contribution in [2.75, 3.05) is 13.6 Å². The maximum absolute atomic E-state index is 13.2. The number of aromatic nitrogens is 2. The molecular weight excluding hydrogens is 444 g/mol. The van der Waals surface area contributed by atoms with Gasteiger partial charge in [-0.1, -0.05) is 30.5 Å². The van der Waals surface area contributed by atoms with E-state index in [0.29, 0.717) is 41.4 Å². The van der Waals surface area contributed by atoms with Gasteiger partial charge in [0, 0.05) is 19.5 Å². The zero-order chi connectivity index (χ0) is 23.5. The number of halogens is 1. The van der Waals surface area contributed by atoms with Crippen LogP contribution in [0.25, 0.3) is 11.0 Å². The number of H-pyrrole nitrogens is 1. The Morgan fingerprint density at radius 2 is 2.12 bits per heavy atom. The molecular formula is C23H27ClN6O3. The lowest BCUT2D eigenvalue weighted by atomic mass is 9.92. The summed E-state index contributed by atoms with van der Waals surface area (Å²) < 4.78 is 0. The van der Waals surface area contributed by atoms with Crippen molar-refractivity contribution in [2.45, 2.75) is 50.6 Å². The lowest BCUT2D eigenvalue weighted by Gasteiger charge is -2.29. The molecule has 174 valence electrons. The number of hydrogen-bond donors (Lipinski definition) is 3. The van der Waals surface area contributed by atoms with Crippen LogP contribution in [0.4, 0.5) is 0 Å². The minimum Gasteiger partial charge on any atom is -0.356 e. The predicted octanol–water partition coefficient (Wildman–Crippen LogP) is 2.38. The number of imidazole rings is 1. The summed E-state index contributed by atoms with van der Waals surface area (Å²) in [6.45, 7) is 0.641. The molecule has 0 spiro atoms. The molecule has 3 atom stereocenters. The molecule has 3 amide bonds. The second kappa shape index (κ2) is 9.79. The van der Waals surface area contributed by atoms with E-state index in [4.69, 9.17) is 11.6 Å². The number of nitrogens with one attached hydrogen (secondary N) is 3. The Balaban J connectivity index is 1.48. The van der Waals surface area contributed by atoms with E-state index in [2.05, 4.69) is 26.7 Å². The minimum absolute atomic E-state index is 0.0823. The molecule has 1 aromatic heterocycles. The van der Waals surface area contributed by atoms with E-state index in [1.165, 1.54) is 4.90 Å². The van der Waals surface area contributed by atoms with Gasteiger partial charge in [0.25, 0.3) is 5.91 Å². The predicted molar refractivity (Wildman–Crippen MR) is 122 cm³/mol. The lowest BCUT2D eigenvalue weighted by Crippen LogP contribution is -2.51. The highest BCUT2D eigenvalue weighted by molar-refractivity contribution is 6.35. The van der Waals surface area contributed by atoms with Gasteiger partial charge in [0.05, 0.1) is 22.1 Å². The molecule has 9 nitrogen and oxygen atoms in total. The Hall–Kier alpha value is -3.12. The van der Waals surface area contributed by atoms with Gasteiger partial charge in [0.15, 0.2) is 5.82 Å². The number of nitriles is 1. The van der Waals surface area contributed by atoms with Crippen LogP contribution in [0.1, 0.15) is 49.1 Å². The molecule has 0 bridgehead atoms. The maximum Gasteiger partial charge on any atom is 0.290 e. The smallest absolute Gasteiger partial charge is 0.290 e. The van der Waals surface area contributed by atoms with Crippen molar-refractivity contribution in [1.29, 1.82) is 5.26 Å². The first-order valence-electron chi connectivity index (χ1n) is 11.3. The van der Waals surface area contributed by atoms with Crippen LogP contribution in [0.5, 0.6) is 0 Å². The largest absolute Gasteiger partial charge is 0.356 e. The SMILES string of the molecule is CN(C(=O)c1nc2cccc(Cl)c2[nH]1)C(CC1CC1)C(=O)NC(C#N)C[C@@H]1CCCNC1=O. The van der Waals surface area contributed by atoms with Crippen LogP contribution in [0.3, 0.4) is 0 Å². The van der Waals surface area contributed by atoms with Crippen LogP contribution < -0.4 is 10.6 Å². The second-order valence-electron chi connectivity index (χ2n) is 8.89. The van der Waals surface area contributed by atoms with Gasteiger partial charge in [0.1, 0.15) is 12.1 Å². The van der Waals surface area contributed by atoms with Gasteiger partial charge < -0.3 is 20.5 Å². The van der Waals surface area contributed by atoms with Crippen LogP contribution in [0, 0.1) is 23.2 Å². The molecule has 2 aliphatic rings. The molecule has 4 rings (SSSR count). The number of fused-ring (bicyclic) bond motifs is 1. The highest BCUT2D eigenvalue weighted by Gasteiger charge is 2.36. The Morgan fingerprint density at radius 3 is 2.79 bits per heavy atom. The average Bonchev–Trinajstić information content (AvgIpc) is 3.52. The van der Waals surface area contributed by atoms with E-state index < -0.39 is 23.9 Å². The molecule has 2 unspecified atom stereocenters. The van der Waals surface area contributed by atoms with Gasteiger partial charge in [-0.25, -0.2) is 4.98 Å². The highest BCUT2D eigenvalue weighted by atomic mass is 35.5. The molecule has 2 fully saturated rings. The van der Waals surface area contributed by atoms with Crippen molar-refractivity contribution < 1.29 is 14.4 Å². The maximum atomic E-state index is 13.2. The number of carbonyl (C=O) groups excluding carboxylic acids is 3. The van der Waals surface area contributed by atoms with Gasteiger partial charge in [-0.2, -0.15) is 5.26 Å². The average molecular weight is 471 g/mol. The standard InChI is InChI=1S/C23H27ClN6O3/c1-30(23(33)20-28-17-6-2-5-16(24)19(17)29-20)18(10-13-7-8-13)22(32)27-15(12-25)11-14-4-3-9-26-21(14)31/h2,5-6,13-15,18H,3-4,7-11H2,1H3,(H,26,31)(H,27,32)(H,28,29)/t14-,15?,18?/m0/s1. The summed E-state index contributed by atoms with van der Waals surface area (Å²) >= 11 is 6.19. The molecule has 2 aromatic rings. The number of likely N-dealkylation sites (N-methyl/N-ethyl adjacent to an activating group) is 1. The number of para-hydroxylation sites is 1. The van der Waals surface area contributed by atoms with Crippen LogP contribution >= 0.6 is 11.6 Å². The van der Waals surface area contributed by atoms with E-state index >= 15 is 0 Å². The first kappa shape index (κ1) is 23.1. The van der Waals surface area contributed by atoms with Crippen LogP contribution in [-0.4, -0.2) is 58.3 Å². The van der Waals surface area contributed by atoms with Crippen LogP contribution in [-0.2, 0) is 9.59 Å². The molecule has 1 aliphatic heterocycles. The summed E-state index contributed by atoms with van der Waals surface area (Å²) in [6, 6.07) is 5.76.